The first-order valence-corrected chi connectivity index (χ1v) is 6.78. The van der Waals surface area contributed by atoms with Gasteiger partial charge in [-0.1, -0.05) is 38.1 Å². The molecular formula is C16H20N2O. The maximum absolute atomic E-state index is 9.91. The van der Waals surface area contributed by atoms with Gasteiger partial charge in [-0.05, 0) is 29.9 Å². The summed E-state index contributed by atoms with van der Waals surface area (Å²) >= 11 is 0. The molecule has 0 fully saturated rings. The Hall–Kier alpha value is -1.61. The van der Waals surface area contributed by atoms with E-state index in [1.807, 2.05) is 6.33 Å². The van der Waals surface area contributed by atoms with Crippen LogP contribution >= 0.6 is 0 Å². The van der Waals surface area contributed by atoms with Crippen LogP contribution in [0.25, 0.3) is 0 Å². The predicted molar refractivity (Wildman–Crippen MR) is 74.9 cm³/mol. The van der Waals surface area contributed by atoms with Gasteiger partial charge >= 0.3 is 0 Å². The highest BCUT2D eigenvalue weighted by molar-refractivity contribution is 5.38. The van der Waals surface area contributed by atoms with E-state index in [0.29, 0.717) is 0 Å². The molecule has 0 spiro atoms. The Morgan fingerprint density at radius 1 is 1.37 bits per heavy atom. The molecule has 3 nitrogen and oxygen atoms in total. The first-order chi connectivity index (χ1) is 9.00. The quantitative estimate of drug-likeness (QED) is 0.896. The largest absolute Gasteiger partial charge is 0.387 e. The molecule has 3 heteroatoms. The van der Waals surface area contributed by atoms with Crippen LogP contribution in [0, 0.1) is 5.41 Å². The number of aliphatic hydroxyl groups is 1. The van der Waals surface area contributed by atoms with E-state index < -0.39 is 6.10 Å². The minimum atomic E-state index is -0.494. The zero-order valence-electron chi connectivity index (χ0n) is 11.7. The molecule has 1 unspecified atom stereocenters. The molecule has 0 saturated heterocycles. The van der Waals surface area contributed by atoms with Crippen molar-refractivity contribution in [3.05, 3.63) is 53.6 Å². The van der Waals surface area contributed by atoms with Crippen LogP contribution < -0.4 is 0 Å². The van der Waals surface area contributed by atoms with Crippen molar-refractivity contribution in [2.45, 2.75) is 39.3 Å². The molecule has 0 saturated carbocycles. The Balaban J connectivity index is 2.15. The lowest BCUT2D eigenvalue weighted by Crippen LogP contribution is -2.25. The fourth-order valence-electron chi connectivity index (χ4n) is 3.35. The molecule has 1 heterocycles. The second kappa shape index (κ2) is 4.20. The molecule has 0 bridgehead atoms. The van der Waals surface area contributed by atoms with E-state index in [-0.39, 0.29) is 11.5 Å². The van der Waals surface area contributed by atoms with Gasteiger partial charge in [0, 0.05) is 0 Å². The molecule has 1 N–H and O–H groups in total. The fraction of sp³-hybridized carbons (Fsp3) is 0.438. The van der Waals surface area contributed by atoms with E-state index in [1.165, 1.54) is 11.1 Å². The van der Waals surface area contributed by atoms with Crippen LogP contribution in [-0.4, -0.2) is 14.7 Å². The van der Waals surface area contributed by atoms with Gasteiger partial charge < -0.3 is 9.67 Å². The minimum absolute atomic E-state index is 0.133. The summed E-state index contributed by atoms with van der Waals surface area (Å²) in [6.07, 6.45) is 4.18. The maximum atomic E-state index is 9.91. The molecule has 1 aliphatic rings. The summed E-state index contributed by atoms with van der Waals surface area (Å²) in [4.78, 5) is 4.23. The molecule has 0 radical (unpaired) electrons. The van der Waals surface area contributed by atoms with Gasteiger partial charge in [-0.15, -0.1) is 0 Å². The van der Waals surface area contributed by atoms with Crippen molar-refractivity contribution in [2.24, 2.45) is 5.41 Å². The second-order valence-electron chi connectivity index (χ2n) is 6.17. The van der Waals surface area contributed by atoms with Crippen LogP contribution in [0.2, 0.25) is 0 Å². The van der Waals surface area contributed by atoms with Gasteiger partial charge in [0.15, 0.2) is 0 Å². The number of nitrogens with zero attached hydrogens (tertiary/aromatic N) is 2. The van der Waals surface area contributed by atoms with E-state index in [0.717, 1.165) is 12.1 Å². The Morgan fingerprint density at radius 2 is 2.11 bits per heavy atom. The van der Waals surface area contributed by atoms with Crippen molar-refractivity contribution in [3.63, 3.8) is 0 Å². The number of hydrogen-bond donors (Lipinski definition) is 1. The number of hydrogen-bond acceptors (Lipinski definition) is 2. The molecule has 19 heavy (non-hydrogen) atoms. The van der Waals surface area contributed by atoms with Gasteiger partial charge in [-0.25, -0.2) is 4.98 Å². The summed E-state index contributed by atoms with van der Waals surface area (Å²) in [5, 5.41) is 9.91. The summed E-state index contributed by atoms with van der Waals surface area (Å²) in [7, 11) is 0. The van der Waals surface area contributed by atoms with Crippen molar-refractivity contribution >= 4 is 0 Å². The summed E-state index contributed by atoms with van der Waals surface area (Å²) in [6, 6.07) is 8.83. The van der Waals surface area contributed by atoms with E-state index in [1.54, 1.807) is 13.1 Å². The van der Waals surface area contributed by atoms with E-state index in [2.05, 4.69) is 47.7 Å². The van der Waals surface area contributed by atoms with Crippen molar-refractivity contribution in [1.29, 1.82) is 0 Å². The van der Waals surface area contributed by atoms with E-state index in [9.17, 15) is 5.11 Å². The van der Waals surface area contributed by atoms with Crippen molar-refractivity contribution in [1.82, 2.24) is 9.55 Å². The third-order valence-electron chi connectivity index (χ3n) is 4.14. The Bertz CT molecular complexity index is 598. The second-order valence-corrected chi connectivity index (χ2v) is 6.17. The topological polar surface area (TPSA) is 38.1 Å². The molecule has 0 aliphatic heterocycles. The summed E-state index contributed by atoms with van der Waals surface area (Å²) in [6.45, 7) is 6.36. The van der Waals surface area contributed by atoms with Crippen LogP contribution in [0.5, 0.6) is 0 Å². The standard InChI is InChI=1S/C16H20N2O/c1-11(19)14-9-17-10-18(14)15-13-7-5-4-6-12(13)8-16(15,2)3/h4-7,9-11,15,19H,8H2,1-3H3/t11?,15-/m1/s1. The smallest absolute Gasteiger partial charge is 0.0954 e. The van der Waals surface area contributed by atoms with Crippen molar-refractivity contribution < 1.29 is 5.11 Å². The summed E-state index contributed by atoms with van der Waals surface area (Å²) < 4.78 is 2.14. The molecular weight excluding hydrogens is 236 g/mol. The van der Waals surface area contributed by atoms with Crippen molar-refractivity contribution in [2.75, 3.05) is 0 Å². The number of rotatable bonds is 2. The van der Waals surface area contributed by atoms with Gasteiger partial charge in [-0.3, -0.25) is 0 Å². The Labute approximate surface area is 113 Å². The van der Waals surface area contributed by atoms with Crippen LogP contribution in [0.15, 0.2) is 36.8 Å². The fourth-order valence-corrected chi connectivity index (χ4v) is 3.35. The van der Waals surface area contributed by atoms with Gasteiger partial charge in [0.05, 0.1) is 30.4 Å². The highest BCUT2D eigenvalue weighted by atomic mass is 16.3. The monoisotopic (exact) mass is 256 g/mol. The lowest BCUT2D eigenvalue weighted by atomic mass is 9.85. The molecule has 1 aromatic heterocycles. The first kappa shape index (κ1) is 12.4. The highest BCUT2D eigenvalue weighted by Gasteiger charge is 2.40. The number of imidazole rings is 1. The third-order valence-corrected chi connectivity index (χ3v) is 4.14. The zero-order chi connectivity index (χ0) is 13.6. The Kier molecular flexibility index (Phi) is 2.75. The normalized spacial score (nSPS) is 22.2. The van der Waals surface area contributed by atoms with Crippen molar-refractivity contribution in [3.8, 4) is 0 Å². The molecule has 100 valence electrons. The molecule has 0 amide bonds. The molecule has 1 aliphatic carbocycles. The molecule has 2 atom stereocenters. The number of aliphatic hydroxyl groups excluding tert-OH is 1. The molecule has 1 aromatic carbocycles. The third kappa shape index (κ3) is 1.89. The lowest BCUT2D eigenvalue weighted by molar-refractivity contribution is 0.178. The average Bonchev–Trinajstić information content (AvgIpc) is 2.88. The first-order valence-electron chi connectivity index (χ1n) is 6.78. The summed E-state index contributed by atoms with van der Waals surface area (Å²) in [5.74, 6) is 0. The number of fused-ring (bicyclic) bond motifs is 1. The SMILES string of the molecule is CC(O)c1cncn1[C@@H]1c2ccccc2CC1(C)C. The van der Waals surface area contributed by atoms with Gasteiger partial charge in [0.25, 0.3) is 0 Å². The molecule has 3 rings (SSSR count). The highest BCUT2D eigenvalue weighted by Crippen LogP contribution is 2.48. The van der Waals surface area contributed by atoms with Crippen LogP contribution in [-0.2, 0) is 6.42 Å². The van der Waals surface area contributed by atoms with Gasteiger partial charge in [0.2, 0.25) is 0 Å². The van der Waals surface area contributed by atoms with Gasteiger partial charge in [0.1, 0.15) is 0 Å². The number of benzene rings is 1. The van der Waals surface area contributed by atoms with E-state index in [4.69, 9.17) is 0 Å². The van der Waals surface area contributed by atoms with Crippen LogP contribution in [0.1, 0.15) is 49.7 Å². The van der Waals surface area contributed by atoms with Crippen LogP contribution in [0.4, 0.5) is 0 Å². The Morgan fingerprint density at radius 3 is 2.84 bits per heavy atom. The van der Waals surface area contributed by atoms with Crippen LogP contribution in [0.3, 0.4) is 0 Å². The van der Waals surface area contributed by atoms with Gasteiger partial charge in [-0.2, -0.15) is 0 Å². The zero-order valence-corrected chi connectivity index (χ0v) is 11.7. The lowest BCUT2D eigenvalue weighted by Gasteiger charge is -2.30. The minimum Gasteiger partial charge on any atom is -0.387 e. The summed E-state index contributed by atoms with van der Waals surface area (Å²) in [5.41, 5.74) is 3.78. The number of aromatic nitrogens is 2. The average molecular weight is 256 g/mol. The molecule has 2 aromatic rings. The van der Waals surface area contributed by atoms with E-state index >= 15 is 0 Å². The maximum Gasteiger partial charge on any atom is 0.0954 e. The predicted octanol–water partition coefficient (Wildman–Crippen LogP) is 3.11.